The number of aromatic nitrogens is 2. The van der Waals surface area contributed by atoms with Crippen molar-refractivity contribution in [2.24, 2.45) is 0 Å². The largest absolute Gasteiger partial charge is 0.487 e. The maximum atomic E-state index is 12.9. The van der Waals surface area contributed by atoms with E-state index in [2.05, 4.69) is 20.8 Å². The van der Waals surface area contributed by atoms with E-state index in [0.29, 0.717) is 23.1 Å². The van der Waals surface area contributed by atoms with Crippen LogP contribution in [0.3, 0.4) is 0 Å². The molecule has 31 heavy (non-hydrogen) atoms. The maximum absolute atomic E-state index is 12.9. The topological polar surface area (TPSA) is 85.4 Å². The second-order valence-corrected chi connectivity index (χ2v) is 7.50. The number of hydrazine groups is 1. The molecule has 8 heteroatoms. The Bertz CT molecular complexity index is 1150. The number of thiophene rings is 1. The maximum Gasteiger partial charge on any atom is 0.283 e. The number of anilines is 1. The highest BCUT2D eigenvalue weighted by molar-refractivity contribution is 7.17. The number of rotatable bonds is 8. The third kappa shape index (κ3) is 5.18. The molecule has 0 saturated heterocycles. The molecule has 0 atom stereocenters. The first-order valence-corrected chi connectivity index (χ1v) is 10.3. The van der Waals surface area contributed by atoms with E-state index in [1.165, 1.54) is 24.6 Å². The van der Waals surface area contributed by atoms with Crippen LogP contribution in [0.25, 0.3) is 10.4 Å². The molecule has 2 N–H and O–H groups in total. The van der Waals surface area contributed by atoms with Gasteiger partial charge >= 0.3 is 0 Å². The molecule has 2 aromatic heterocycles. The molecule has 4 aromatic rings. The fourth-order valence-corrected chi connectivity index (χ4v) is 3.81. The zero-order chi connectivity index (χ0) is 21.5. The van der Waals surface area contributed by atoms with Crippen LogP contribution in [-0.4, -0.2) is 23.0 Å². The highest BCUT2D eigenvalue weighted by atomic mass is 32.1. The summed E-state index contributed by atoms with van der Waals surface area (Å²) in [5.41, 5.74) is 7.38. The third-order valence-corrected chi connectivity index (χ3v) is 5.49. The van der Waals surface area contributed by atoms with Crippen molar-refractivity contribution in [1.29, 1.82) is 0 Å². The summed E-state index contributed by atoms with van der Waals surface area (Å²) in [5.74, 6) is 0.778. The van der Waals surface area contributed by atoms with E-state index < -0.39 is 0 Å². The van der Waals surface area contributed by atoms with Gasteiger partial charge < -0.3 is 9.47 Å². The van der Waals surface area contributed by atoms with E-state index in [-0.39, 0.29) is 11.9 Å². The molecular formula is C23H20N4O3S. The van der Waals surface area contributed by atoms with Gasteiger partial charge in [-0.25, -0.2) is 4.98 Å². The molecule has 156 valence electrons. The molecule has 0 aliphatic heterocycles. The lowest BCUT2D eigenvalue weighted by Crippen LogP contribution is -2.30. The van der Waals surface area contributed by atoms with Crippen molar-refractivity contribution in [1.82, 2.24) is 15.4 Å². The summed E-state index contributed by atoms with van der Waals surface area (Å²) < 4.78 is 11.1. The van der Waals surface area contributed by atoms with Crippen LogP contribution in [-0.2, 0) is 6.61 Å². The average Bonchev–Trinajstić information content (AvgIpc) is 3.27. The molecular weight excluding hydrogens is 412 g/mol. The minimum absolute atomic E-state index is 0.222. The van der Waals surface area contributed by atoms with Gasteiger partial charge in [0.05, 0.1) is 7.11 Å². The second-order valence-electron chi connectivity index (χ2n) is 6.45. The number of nitrogens with zero attached hydrogens (tertiary/aromatic N) is 2. The molecule has 1 amide bonds. The Morgan fingerprint density at radius 1 is 1.03 bits per heavy atom. The monoisotopic (exact) mass is 432 g/mol. The quantitative estimate of drug-likeness (QED) is 0.397. The number of nitrogens with one attached hydrogen (secondary N) is 2. The number of methoxy groups -OCH3 is 1. The van der Waals surface area contributed by atoms with E-state index in [0.717, 1.165) is 16.0 Å². The van der Waals surface area contributed by atoms with Crippen LogP contribution in [0.2, 0.25) is 0 Å². The summed E-state index contributed by atoms with van der Waals surface area (Å²) in [4.78, 5) is 22.5. The fourth-order valence-electron chi connectivity index (χ4n) is 2.81. The minimum Gasteiger partial charge on any atom is -0.487 e. The van der Waals surface area contributed by atoms with Crippen LogP contribution in [0.4, 0.5) is 5.95 Å². The number of carbonyl (C=O) groups is 1. The van der Waals surface area contributed by atoms with E-state index >= 15 is 0 Å². The number of amides is 1. The summed E-state index contributed by atoms with van der Waals surface area (Å²) in [7, 11) is 1.51. The molecule has 4 rings (SSSR count). The molecule has 2 heterocycles. The van der Waals surface area contributed by atoms with Crippen molar-refractivity contribution in [2.75, 3.05) is 12.5 Å². The lowest BCUT2D eigenvalue weighted by molar-refractivity contribution is 0.0962. The van der Waals surface area contributed by atoms with Gasteiger partial charge in [-0.3, -0.25) is 15.6 Å². The lowest BCUT2D eigenvalue weighted by Gasteiger charge is -2.09. The van der Waals surface area contributed by atoms with E-state index in [4.69, 9.17) is 9.47 Å². The summed E-state index contributed by atoms with van der Waals surface area (Å²) in [6.45, 7) is 0.360. The van der Waals surface area contributed by atoms with Crippen molar-refractivity contribution >= 4 is 23.2 Å². The molecule has 0 unspecified atom stereocenters. The van der Waals surface area contributed by atoms with E-state index in [1.54, 1.807) is 6.07 Å². The van der Waals surface area contributed by atoms with Crippen LogP contribution in [0.5, 0.6) is 11.6 Å². The van der Waals surface area contributed by atoms with Crippen LogP contribution < -0.4 is 20.3 Å². The lowest BCUT2D eigenvalue weighted by atomic mass is 10.2. The first kappa shape index (κ1) is 20.4. The number of hydrogen-bond acceptors (Lipinski definition) is 7. The Labute approximate surface area is 183 Å². The van der Waals surface area contributed by atoms with Crippen molar-refractivity contribution in [3.8, 4) is 22.1 Å². The van der Waals surface area contributed by atoms with Crippen LogP contribution in [0.1, 0.15) is 15.2 Å². The normalized spacial score (nSPS) is 10.4. The van der Waals surface area contributed by atoms with Crippen LogP contribution in [0.15, 0.2) is 79.0 Å². The summed E-state index contributed by atoms with van der Waals surface area (Å²) in [6, 6.07) is 23.2. The number of benzene rings is 2. The number of ether oxygens (including phenoxy) is 2. The molecule has 0 bridgehead atoms. The molecule has 0 aliphatic rings. The minimum atomic E-state index is -0.346. The highest BCUT2D eigenvalue weighted by Gasteiger charge is 2.19. The summed E-state index contributed by atoms with van der Waals surface area (Å²) in [5, 5.41) is 0. The second kappa shape index (κ2) is 9.73. The Kier molecular flexibility index (Phi) is 6.39. The Morgan fingerprint density at radius 2 is 1.77 bits per heavy atom. The zero-order valence-corrected chi connectivity index (χ0v) is 17.6. The first-order valence-electron chi connectivity index (χ1n) is 9.52. The molecule has 0 saturated carbocycles. The van der Waals surface area contributed by atoms with Gasteiger partial charge in [0, 0.05) is 17.1 Å². The Balaban J connectivity index is 1.54. The van der Waals surface area contributed by atoms with Crippen LogP contribution in [0, 0.1) is 0 Å². The van der Waals surface area contributed by atoms with Gasteiger partial charge in [0.15, 0.2) is 0 Å². The van der Waals surface area contributed by atoms with E-state index in [9.17, 15) is 4.79 Å². The van der Waals surface area contributed by atoms with Gasteiger partial charge in [0.25, 0.3) is 5.91 Å². The Hall–Kier alpha value is -3.91. The molecule has 2 aromatic carbocycles. The number of hydrogen-bond donors (Lipinski definition) is 2. The summed E-state index contributed by atoms with van der Waals surface area (Å²) >= 11 is 1.36. The summed E-state index contributed by atoms with van der Waals surface area (Å²) in [6.07, 6.45) is 1.54. The van der Waals surface area contributed by atoms with Crippen molar-refractivity contribution in [3.63, 3.8) is 0 Å². The SMILES string of the molecule is COc1ccnc(NNC(=O)c2sc(-c3ccccc3)cc2OCc2ccccc2)n1. The smallest absolute Gasteiger partial charge is 0.283 e. The molecule has 0 spiro atoms. The van der Waals surface area contributed by atoms with Crippen molar-refractivity contribution in [3.05, 3.63) is 89.4 Å². The van der Waals surface area contributed by atoms with Gasteiger partial charge in [0.2, 0.25) is 11.8 Å². The van der Waals surface area contributed by atoms with Gasteiger partial charge in [-0.15, -0.1) is 11.3 Å². The molecule has 0 fully saturated rings. The zero-order valence-electron chi connectivity index (χ0n) is 16.7. The van der Waals surface area contributed by atoms with Crippen molar-refractivity contribution < 1.29 is 14.3 Å². The van der Waals surface area contributed by atoms with Crippen LogP contribution >= 0.6 is 11.3 Å². The van der Waals surface area contributed by atoms with Gasteiger partial charge in [-0.2, -0.15) is 4.98 Å². The average molecular weight is 433 g/mol. The first-order chi connectivity index (χ1) is 15.2. The third-order valence-electron chi connectivity index (χ3n) is 4.33. The Morgan fingerprint density at radius 3 is 2.52 bits per heavy atom. The van der Waals surface area contributed by atoms with E-state index in [1.807, 2.05) is 66.7 Å². The van der Waals surface area contributed by atoms with Crippen molar-refractivity contribution in [2.45, 2.75) is 6.61 Å². The van der Waals surface area contributed by atoms with Gasteiger partial charge in [-0.1, -0.05) is 60.7 Å². The molecule has 0 aliphatic carbocycles. The number of carbonyl (C=O) groups excluding carboxylic acids is 1. The van der Waals surface area contributed by atoms with Gasteiger partial charge in [0.1, 0.15) is 17.2 Å². The predicted molar refractivity (Wildman–Crippen MR) is 120 cm³/mol. The standard InChI is InChI=1S/C23H20N4O3S/c1-29-20-12-13-24-23(25-20)27-26-22(28)21-18(30-15-16-8-4-2-5-9-16)14-19(31-21)17-10-6-3-7-11-17/h2-14H,15H2,1H3,(H,26,28)(H,24,25,27). The predicted octanol–water partition coefficient (Wildman–Crippen LogP) is 4.55. The van der Waals surface area contributed by atoms with Gasteiger partial charge in [-0.05, 0) is 17.2 Å². The molecule has 0 radical (unpaired) electrons. The molecule has 7 nitrogen and oxygen atoms in total. The highest BCUT2D eigenvalue weighted by Crippen LogP contribution is 2.36. The fraction of sp³-hybridized carbons (Fsp3) is 0.0870.